The van der Waals surface area contributed by atoms with E-state index >= 15 is 0 Å². The number of fused-ring (bicyclic) bond motifs is 2. The summed E-state index contributed by atoms with van der Waals surface area (Å²) >= 11 is 1.90. The van der Waals surface area contributed by atoms with E-state index in [2.05, 4.69) is 64.3 Å². The largest absolute Gasteiger partial charge is 0.366 e. The second-order valence-corrected chi connectivity index (χ2v) is 7.67. The monoisotopic (exact) mass is 345 g/mol. The molecule has 124 valence electrons. The van der Waals surface area contributed by atoms with Crippen LogP contribution in [-0.2, 0) is 0 Å². The second-order valence-electron chi connectivity index (χ2n) is 6.58. The highest BCUT2D eigenvalue weighted by molar-refractivity contribution is 7.20. The van der Waals surface area contributed by atoms with Crippen LogP contribution < -0.4 is 4.90 Å². The highest BCUT2D eigenvalue weighted by atomic mass is 32.1. The Kier molecular flexibility index (Phi) is 3.38. The summed E-state index contributed by atoms with van der Waals surface area (Å²) in [7, 11) is 0. The van der Waals surface area contributed by atoms with Gasteiger partial charge >= 0.3 is 0 Å². The van der Waals surface area contributed by atoms with E-state index in [9.17, 15) is 0 Å². The molecule has 0 spiro atoms. The van der Waals surface area contributed by atoms with E-state index < -0.39 is 0 Å². The topological polar surface area (TPSA) is 31.9 Å². The molecule has 0 bridgehead atoms. The van der Waals surface area contributed by atoms with Crippen LogP contribution in [0.25, 0.3) is 26.7 Å². The molecule has 4 heterocycles. The summed E-state index contributed by atoms with van der Waals surface area (Å²) in [6.07, 6.45) is 7.43. The van der Waals surface area contributed by atoms with Gasteiger partial charge < -0.3 is 9.88 Å². The summed E-state index contributed by atoms with van der Waals surface area (Å²) in [6, 6.07) is 13.1. The van der Waals surface area contributed by atoms with E-state index in [1.54, 1.807) is 0 Å². The molecule has 0 fully saturated rings. The minimum atomic E-state index is 0.946. The molecule has 1 aromatic carbocycles. The maximum atomic E-state index is 4.57. The summed E-state index contributed by atoms with van der Waals surface area (Å²) in [5.74, 6) is 0. The summed E-state index contributed by atoms with van der Waals surface area (Å²) in [4.78, 5) is 11.6. The third-order valence-electron chi connectivity index (χ3n) is 5.12. The average Bonchev–Trinajstić information content (AvgIpc) is 3.29. The Hall–Kier alpha value is -2.59. The van der Waals surface area contributed by atoms with Crippen molar-refractivity contribution >= 4 is 43.7 Å². The van der Waals surface area contributed by atoms with E-state index in [-0.39, 0.29) is 0 Å². The van der Waals surface area contributed by atoms with Crippen molar-refractivity contribution < 1.29 is 0 Å². The molecule has 0 radical (unpaired) electrons. The molecule has 0 amide bonds. The molecule has 3 aromatic heterocycles. The van der Waals surface area contributed by atoms with Gasteiger partial charge in [-0.25, -0.2) is 4.98 Å². The lowest BCUT2D eigenvalue weighted by Crippen LogP contribution is -2.28. The van der Waals surface area contributed by atoms with Crippen molar-refractivity contribution in [3.8, 4) is 0 Å². The fraction of sp³-hybridized carbons (Fsp3) is 0.190. The Morgan fingerprint density at radius 1 is 1.20 bits per heavy atom. The van der Waals surface area contributed by atoms with Crippen LogP contribution >= 0.6 is 11.3 Å². The van der Waals surface area contributed by atoms with Crippen molar-refractivity contribution in [3.05, 3.63) is 65.3 Å². The first kappa shape index (κ1) is 14.7. The zero-order chi connectivity index (χ0) is 16.8. The maximum Gasteiger partial charge on any atom is 0.137 e. The van der Waals surface area contributed by atoms with Gasteiger partial charge in [-0.3, -0.25) is 0 Å². The van der Waals surface area contributed by atoms with E-state index in [4.69, 9.17) is 0 Å². The quantitative estimate of drug-likeness (QED) is 0.529. The number of pyridine rings is 1. The molecule has 25 heavy (non-hydrogen) atoms. The molecule has 1 N–H and O–H groups in total. The van der Waals surface area contributed by atoms with Crippen LogP contribution in [0.3, 0.4) is 0 Å². The Bertz CT molecular complexity index is 1070. The molecular weight excluding hydrogens is 326 g/mol. The van der Waals surface area contributed by atoms with Gasteiger partial charge in [-0.1, -0.05) is 24.3 Å². The molecule has 0 unspecified atom stereocenters. The van der Waals surface area contributed by atoms with Gasteiger partial charge in [0.25, 0.3) is 0 Å². The normalized spacial score (nSPS) is 15.1. The predicted molar refractivity (Wildman–Crippen MR) is 107 cm³/mol. The minimum absolute atomic E-state index is 0.946. The molecule has 0 saturated heterocycles. The lowest BCUT2D eigenvalue weighted by atomic mass is 10.0. The average molecular weight is 345 g/mol. The van der Waals surface area contributed by atoms with Crippen molar-refractivity contribution in [2.45, 2.75) is 13.3 Å². The summed E-state index contributed by atoms with van der Waals surface area (Å²) in [5, 5.41) is 2.57. The van der Waals surface area contributed by atoms with Crippen molar-refractivity contribution in [1.29, 1.82) is 0 Å². The first-order chi connectivity index (χ1) is 12.3. The van der Waals surface area contributed by atoms with Gasteiger partial charge in [0.2, 0.25) is 0 Å². The number of nitrogens with zero attached hydrogens (tertiary/aromatic N) is 2. The van der Waals surface area contributed by atoms with Crippen LogP contribution in [0.1, 0.15) is 16.9 Å². The number of anilines is 1. The van der Waals surface area contributed by atoms with Crippen LogP contribution in [0.4, 0.5) is 5.69 Å². The summed E-state index contributed by atoms with van der Waals surface area (Å²) in [5.41, 5.74) is 5.01. The van der Waals surface area contributed by atoms with Gasteiger partial charge in [-0.2, -0.15) is 0 Å². The molecular formula is C21H19N3S. The Morgan fingerprint density at radius 3 is 2.96 bits per heavy atom. The molecule has 0 atom stereocenters. The Morgan fingerprint density at radius 2 is 2.12 bits per heavy atom. The Labute approximate surface area is 150 Å². The second kappa shape index (κ2) is 5.74. The molecule has 4 aromatic rings. The fourth-order valence-electron chi connectivity index (χ4n) is 3.70. The molecule has 1 aliphatic rings. The first-order valence-corrected chi connectivity index (χ1v) is 9.47. The maximum absolute atomic E-state index is 4.57. The number of thiophene rings is 1. The van der Waals surface area contributed by atoms with Gasteiger partial charge in [0.15, 0.2) is 0 Å². The zero-order valence-electron chi connectivity index (χ0n) is 14.1. The third-order valence-corrected chi connectivity index (χ3v) is 6.31. The zero-order valence-corrected chi connectivity index (χ0v) is 14.9. The van der Waals surface area contributed by atoms with Crippen molar-refractivity contribution in [2.24, 2.45) is 0 Å². The third kappa shape index (κ3) is 2.45. The van der Waals surface area contributed by atoms with Gasteiger partial charge in [-0.05, 0) is 48.1 Å². The van der Waals surface area contributed by atoms with Crippen molar-refractivity contribution in [1.82, 2.24) is 9.97 Å². The van der Waals surface area contributed by atoms with E-state index in [1.165, 1.54) is 37.2 Å². The first-order valence-electron chi connectivity index (χ1n) is 8.65. The number of benzene rings is 1. The number of hydrogen-bond donors (Lipinski definition) is 1. The number of rotatable bonds is 2. The van der Waals surface area contributed by atoms with Crippen LogP contribution in [0.2, 0.25) is 0 Å². The van der Waals surface area contributed by atoms with Crippen LogP contribution in [0.5, 0.6) is 0 Å². The van der Waals surface area contributed by atoms with Crippen molar-refractivity contribution in [3.63, 3.8) is 0 Å². The molecule has 3 nitrogen and oxygen atoms in total. The molecule has 5 rings (SSSR count). The van der Waals surface area contributed by atoms with Crippen molar-refractivity contribution in [2.75, 3.05) is 18.0 Å². The molecule has 0 aliphatic carbocycles. The van der Waals surface area contributed by atoms with E-state index in [1.807, 2.05) is 23.7 Å². The minimum Gasteiger partial charge on any atom is -0.366 e. The predicted octanol–water partition coefficient (Wildman–Crippen LogP) is 5.38. The fourth-order valence-corrected chi connectivity index (χ4v) is 4.83. The lowest BCUT2D eigenvalue weighted by molar-refractivity contribution is 0.829. The van der Waals surface area contributed by atoms with Gasteiger partial charge in [-0.15, -0.1) is 11.3 Å². The number of aryl methyl sites for hydroxylation is 1. The van der Waals surface area contributed by atoms with Crippen LogP contribution in [0, 0.1) is 6.92 Å². The molecule has 4 heteroatoms. The van der Waals surface area contributed by atoms with Gasteiger partial charge in [0.05, 0.1) is 11.9 Å². The number of H-pyrrole nitrogens is 1. The number of aromatic amines is 1. The van der Waals surface area contributed by atoms with Gasteiger partial charge in [0, 0.05) is 34.2 Å². The number of aromatic nitrogens is 2. The highest BCUT2D eigenvalue weighted by Gasteiger charge is 2.18. The lowest BCUT2D eigenvalue weighted by Gasteiger charge is -2.29. The summed E-state index contributed by atoms with van der Waals surface area (Å²) < 4.78 is 1.37. The number of hydrogen-bond acceptors (Lipinski definition) is 3. The SMILES string of the molecule is Cc1c(N2CC=C(c3cc4ccccc4s3)CC2)cnc2[nH]ccc12. The van der Waals surface area contributed by atoms with Gasteiger partial charge in [0.1, 0.15) is 5.65 Å². The smallest absolute Gasteiger partial charge is 0.137 e. The molecule has 0 saturated carbocycles. The summed E-state index contributed by atoms with van der Waals surface area (Å²) in [6.45, 7) is 4.18. The van der Waals surface area contributed by atoms with Crippen LogP contribution in [0.15, 0.2) is 54.9 Å². The van der Waals surface area contributed by atoms with Crippen LogP contribution in [-0.4, -0.2) is 23.1 Å². The Balaban J connectivity index is 1.45. The standard InChI is InChI=1S/C21H19N3S/c1-14-17-6-9-22-21(17)23-13-18(14)24-10-7-15(8-11-24)20-12-16-4-2-3-5-19(16)25-20/h2-7,9,12-13H,8,10-11H2,1H3,(H,22,23). The van der Waals surface area contributed by atoms with E-state index in [0.717, 1.165) is 25.2 Å². The van der Waals surface area contributed by atoms with E-state index in [0.29, 0.717) is 0 Å². The highest BCUT2D eigenvalue weighted by Crippen LogP contribution is 2.35. The molecule has 1 aliphatic heterocycles. The number of nitrogens with one attached hydrogen (secondary N) is 1.